The summed E-state index contributed by atoms with van der Waals surface area (Å²) in [6, 6.07) is 5.08. The summed E-state index contributed by atoms with van der Waals surface area (Å²) in [7, 11) is 0. The average molecular weight is 507 g/mol. The van der Waals surface area contributed by atoms with E-state index in [1.165, 1.54) is 23.5 Å². The first-order chi connectivity index (χ1) is 16.5. The van der Waals surface area contributed by atoms with Crippen LogP contribution in [0, 0.1) is 5.92 Å². The first-order valence-electron chi connectivity index (χ1n) is 11.6. The van der Waals surface area contributed by atoms with Crippen molar-refractivity contribution in [3.63, 3.8) is 0 Å². The van der Waals surface area contributed by atoms with Gasteiger partial charge in [-0.25, -0.2) is 4.98 Å². The van der Waals surface area contributed by atoms with Gasteiger partial charge in [0.2, 0.25) is 5.91 Å². The van der Waals surface area contributed by atoms with Gasteiger partial charge in [-0.2, -0.15) is 18.3 Å². The molecule has 1 amide bonds. The number of nitrogens with one attached hydrogen (secondary N) is 1. The number of ether oxygens (including phenoxy) is 1. The molecule has 1 fully saturated rings. The lowest BCUT2D eigenvalue weighted by Crippen LogP contribution is -2.33. The van der Waals surface area contributed by atoms with E-state index in [2.05, 4.69) is 15.4 Å². The quantitative estimate of drug-likeness (QED) is 0.477. The zero-order valence-corrected chi connectivity index (χ0v) is 20.8. The van der Waals surface area contributed by atoms with Gasteiger partial charge in [-0.05, 0) is 51.7 Å². The highest BCUT2D eigenvalue weighted by atomic mass is 32.1. The highest BCUT2D eigenvalue weighted by molar-refractivity contribution is 7.13. The van der Waals surface area contributed by atoms with Crippen molar-refractivity contribution in [1.29, 1.82) is 0 Å². The van der Waals surface area contributed by atoms with Crippen LogP contribution in [-0.4, -0.2) is 40.4 Å². The molecule has 0 spiro atoms. The number of aromatic nitrogens is 3. The van der Waals surface area contributed by atoms with Crippen molar-refractivity contribution in [3.8, 4) is 21.8 Å². The summed E-state index contributed by atoms with van der Waals surface area (Å²) in [4.78, 5) is 17.1. The van der Waals surface area contributed by atoms with Gasteiger partial charge in [0.25, 0.3) is 0 Å². The molecule has 1 aromatic carbocycles. The number of benzene rings is 1. The molecule has 0 bridgehead atoms. The second kappa shape index (κ2) is 10.1. The number of thiazole rings is 1. The Hall–Kier alpha value is -2.72. The third kappa shape index (κ3) is 6.10. The lowest BCUT2D eigenvalue weighted by atomic mass is 10.0. The SMILES string of the molecule is CC(C)(C)n1ncc(-c2nc(CC(=O)NCC3CCOCC3)cs2)c1-c1ccc(C(F)(F)F)cc1. The van der Waals surface area contributed by atoms with Crippen molar-refractivity contribution in [2.24, 2.45) is 5.92 Å². The minimum absolute atomic E-state index is 0.0818. The number of carbonyl (C=O) groups is 1. The molecule has 0 unspecified atom stereocenters. The maximum atomic E-state index is 13.1. The van der Waals surface area contributed by atoms with E-state index in [0.717, 1.165) is 43.8 Å². The summed E-state index contributed by atoms with van der Waals surface area (Å²) in [6.45, 7) is 8.04. The Kier molecular flexibility index (Phi) is 7.32. The molecule has 3 aromatic rings. The molecule has 1 saturated heterocycles. The fourth-order valence-electron chi connectivity index (χ4n) is 4.06. The highest BCUT2D eigenvalue weighted by Crippen LogP contribution is 2.38. The number of nitrogens with zero attached hydrogens (tertiary/aromatic N) is 3. The monoisotopic (exact) mass is 506 g/mol. The van der Waals surface area contributed by atoms with Crippen molar-refractivity contribution in [1.82, 2.24) is 20.1 Å². The fraction of sp³-hybridized carbons (Fsp3) is 0.480. The normalized spacial score (nSPS) is 15.4. The number of alkyl halides is 3. The van der Waals surface area contributed by atoms with Crippen molar-refractivity contribution < 1.29 is 22.7 Å². The summed E-state index contributed by atoms with van der Waals surface area (Å²) in [6.07, 6.45) is -0.646. The Morgan fingerprint density at radius 1 is 1.17 bits per heavy atom. The van der Waals surface area contributed by atoms with Gasteiger partial charge in [0, 0.05) is 30.7 Å². The Bertz CT molecular complexity index is 1160. The van der Waals surface area contributed by atoms with Gasteiger partial charge < -0.3 is 10.1 Å². The number of rotatable bonds is 6. The second-order valence-electron chi connectivity index (χ2n) is 9.75. The van der Waals surface area contributed by atoms with E-state index in [-0.39, 0.29) is 12.3 Å². The third-order valence-corrected chi connectivity index (χ3v) is 6.87. The lowest BCUT2D eigenvalue weighted by Gasteiger charge is -2.23. The summed E-state index contributed by atoms with van der Waals surface area (Å²) in [5.41, 5.74) is 1.57. The van der Waals surface area contributed by atoms with Crippen LogP contribution in [0.2, 0.25) is 0 Å². The predicted octanol–water partition coefficient (Wildman–Crippen LogP) is 5.53. The molecule has 0 atom stereocenters. The van der Waals surface area contributed by atoms with Gasteiger partial charge in [0.05, 0.1) is 40.7 Å². The molecule has 1 N–H and O–H groups in total. The molecule has 1 aliphatic rings. The predicted molar refractivity (Wildman–Crippen MR) is 129 cm³/mol. The molecular weight excluding hydrogens is 477 g/mol. The molecular formula is C25H29F3N4O2S. The van der Waals surface area contributed by atoms with Gasteiger partial charge in [-0.15, -0.1) is 11.3 Å². The minimum Gasteiger partial charge on any atom is -0.381 e. The summed E-state index contributed by atoms with van der Waals surface area (Å²) in [5, 5.41) is 10.0. The molecule has 0 saturated carbocycles. The molecule has 3 heterocycles. The van der Waals surface area contributed by atoms with Crippen molar-refractivity contribution in [3.05, 3.63) is 47.1 Å². The van der Waals surface area contributed by atoms with Crippen LogP contribution in [0.3, 0.4) is 0 Å². The van der Waals surface area contributed by atoms with Crippen molar-refractivity contribution in [2.45, 2.75) is 51.7 Å². The summed E-state index contributed by atoms with van der Waals surface area (Å²) < 4.78 is 46.4. The van der Waals surface area contributed by atoms with Crippen LogP contribution < -0.4 is 5.32 Å². The van der Waals surface area contributed by atoms with Crippen LogP contribution in [0.15, 0.2) is 35.8 Å². The highest BCUT2D eigenvalue weighted by Gasteiger charge is 2.31. The topological polar surface area (TPSA) is 69.0 Å². The number of halogens is 3. The van der Waals surface area contributed by atoms with Gasteiger partial charge in [-0.1, -0.05) is 12.1 Å². The third-order valence-electron chi connectivity index (χ3n) is 5.94. The first-order valence-corrected chi connectivity index (χ1v) is 12.5. The zero-order valence-electron chi connectivity index (χ0n) is 20.0. The van der Waals surface area contributed by atoms with Crippen LogP contribution in [0.5, 0.6) is 0 Å². The van der Waals surface area contributed by atoms with Gasteiger partial charge in [-0.3, -0.25) is 9.48 Å². The number of hydrogen-bond acceptors (Lipinski definition) is 5. The van der Waals surface area contributed by atoms with Crippen LogP contribution in [0.1, 0.15) is 44.9 Å². The Balaban J connectivity index is 1.55. The fourth-order valence-corrected chi connectivity index (χ4v) is 4.89. The molecule has 10 heteroatoms. The molecule has 0 radical (unpaired) electrons. The van der Waals surface area contributed by atoms with Crippen LogP contribution in [0.25, 0.3) is 21.8 Å². The molecule has 6 nitrogen and oxygen atoms in total. The Morgan fingerprint density at radius 3 is 2.49 bits per heavy atom. The van der Waals surface area contributed by atoms with Crippen LogP contribution in [0.4, 0.5) is 13.2 Å². The van der Waals surface area contributed by atoms with E-state index in [1.807, 2.05) is 26.2 Å². The zero-order chi connectivity index (χ0) is 25.2. The standard InChI is InChI=1S/C25H29F3N4O2S/c1-24(2,3)32-22(17-4-6-18(7-5-17)25(26,27)28)20(14-30-32)23-31-19(15-35-23)12-21(33)29-13-16-8-10-34-11-9-16/h4-7,14-16H,8-13H2,1-3H3,(H,29,33). The second-order valence-corrected chi connectivity index (χ2v) is 10.6. The van der Waals surface area contributed by atoms with E-state index >= 15 is 0 Å². The summed E-state index contributed by atoms with van der Waals surface area (Å²) in [5.74, 6) is 0.356. The average Bonchev–Trinajstić information content (AvgIpc) is 3.45. The van der Waals surface area contributed by atoms with Crippen LogP contribution >= 0.6 is 11.3 Å². The molecule has 188 valence electrons. The van der Waals surface area contributed by atoms with E-state index in [0.29, 0.717) is 34.4 Å². The molecule has 4 rings (SSSR count). The Morgan fingerprint density at radius 2 is 1.86 bits per heavy atom. The van der Waals surface area contributed by atoms with Gasteiger partial charge >= 0.3 is 6.18 Å². The van der Waals surface area contributed by atoms with Crippen molar-refractivity contribution in [2.75, 3.05) is 19.8 Å². The van der Waals surface area contributed by atoms with E-state index in [4.69, 9.17) is 4.74 Å². The van der Waals surface area contributed by atoms with Gasteiger partial charge in [0.1, 0.15) is 5.01 Å². The van der Waals surface area contributed by atoms with E-state index in [1.54, 1.807) is 10.9 Å². The first kappa shape index (κ1) is 25.4. The van der Waals surface area contributed by atoms with Crippen LogP contribution in [-0.2, 0) is 27.7 Å². The van der Waals surface area contributed by atoms with E-state index < -0.39 is 17.3 Å². The largest absolute Gasteiger partial charge is 0.416 e. The van der Waals surface area contributed by atoms with Crippen molar-refractivity contribution >= 4 is 17.2 Å². The summed E-state index contributed by atoms with van der Waals surface area (Å²) >= 11 is 1.39. The molecule has 0 aliphatic carbocycles. The molecule has 1 aliphatic heterocycles. The minimum atomic E-state index is -4.40. The Labute approximate surface area is 206 Å². The van der Waals surface area contributed by atoms with Gasteiger partial charge in [0.15, 0.2) is 0 Å². The lowest BCUT2D eigenvalue weighted by molar-refractivity contribution is -0.137. The maximum absolute atomic E-state index is 13.1. The van der Waals surface area contributed by atoms with E-state index in [9.17, 15) is 18.0 Å². The smallest absolute Gasteiger partial charge is 0.381 e. The maximum Gasteiger partial charge on any atom is 0.416 e. The number of carbonyl (C=O) groups excluding carboxylic acids is 1. The number of hydrogen-bond donors (Lipinski definition) is 1. The molecule has 35 heavy (non-hydrogen) atoms. The molecule has 2 aromatic heterocycles. The number of amides is 1.